The largest absolute Gasteiger partial charge is 0.329 e. The number of likely N-dealkylation sites (N-methyl/N-ethyl adjacent to an activating group) is 1. The molecule has 0 spiro atoms. The fraction of sp³-hybridized carbons (Fsp3) is 0.500. The van der Waals surface area contributed by atoms with E-state index >= 15 is 0 Å². The van der Waals surface area contributed by atoms with Gasteiger partial charge in [-0.1, -0.05) is 11.6 Å². The van der Waals surface area contributed by atoms with Gasteiger partial charge < -0.3 is 14.5 Å². The van der Waals surface area contributed by atoms with Crippen LogP contribution < -0.4 is 0 Å². The molecule has 2 heterocycles. The van der Waals surface area contributed by atoms with Crippen molar-refractivity contribution in [1.29, 1.82) is 0 Å². The van der Waals surface area contributed by atoms with Gasteiger partial charge in [-0.15, -0.1) is 0 Å². The van der Waals surface area contributed by atoms with Gasteiger partial charge in [0.25, 0.3) is 0 Å². The summed E-state index contributed by atoms with van der Waals surface area (Å²) >= 11 is 11.3. The standard InChI is InChI=1S/C12H15ClN4S/c1-16(9-2-3-9)4-5-17-11-10(15-12(17)18)6-8(13)7-14-11/h6-7,9H,2-5H2,1H3,(H,15,18). The average Bonchev–Trinajstić information content (AvgIpc) is 3.11. The van der Waals surface area contributed by atoms with Gasteiger partial charge in [-0.3, -0.25) is 0 Å². The number of aromatic amines is 1. The Morgan fingerprint density at radius 3 is 3.11 bits per heavy atom. The van der Waals surface area contributed by atoms with E-state index in [1.54, 1.807) is 6.20 Å². The molecule has 1 fully saturated rings. The predicted octanol–water partition coefficient (Wildman–Crippen LogP) is 2.84. The highest BCUT2D eigenvalue weighted by Gasteiger charge is 2.25. The van der Waals surface area contributed by atoms with E-state index in [9.17, 15) is 0 Å². The van der Waals surface area contributed by atoms with E-state index in [1.165, 1.54) is 12.8 Å². The van der Waals surface area contributed by atoms with Crippen LogP contribution in [0, 0.1) is 4.77 Å². The normalized spacial score (nSPS) is 15.7. The second kappa shape index (κ2) is 4.64. The molecule has 1 aliphatic carbocycles. The van der Waals surface area contributed by atoms with Crippen LogP contribution in [0.3, 0.4) is 0 Å². The molecule has 0 aliphatic heterocycles. The van der Waals surface area contributed by atoms with Crippen LogP contribution in [-0.2, 0) is 6.54 Å². The van der Waals surface area contributed by atoms with Crippen LogP contribution in [0.25, 0.3) is 11.2 Å². The lowest BCUT2D eigenvalue weighted by Gasteiger charge is -2.15. The van der Waals surface area contributed by atoms with E-state index in [4.69, 9.17) is 23.8 Å². The van der Waals surface area contributed by atoms with E-state index in [0.29, 0.717) is 9.79 Å². The molecule has 0 amide bonds. The summed E-state index contributed by atoms with van der Waals surface area (Å²) in [5, 5.41) is 0.626. The van der Waals surface area contributed by atoms with Gasteiger partial charge in [0, 0.05) is 25.3 Å². The van der Waals surface area contributed by atoms with E-state index < -0.39 is 0 Å². The molecule has 0 aromatic carbocycles. The number of H-pyrrole nitrogens is 1. The second-order valence-corrected chi connectivity index (χ2v) is 5.64. The lowest BCUT2D eigenvalue weighted by atomic mass is 10.4. The third-order valence-corrected chi connectivity index (χ3v) is 3.95. The molecule has 3 rings (SSSR count). The van der Waals surface area contributed by atoms with Gasteiger partial charge >= 0.3 is 0 Å². The summed E-state index contributed by atoms with van der Waals surface area (Å²) in [7, 11) is 2.17. The number of pyridine rings is 1. The molecule has 4 nitrogen and oxygen atoms in total. The number of imidazole rings is 1. The quantitative estimate of drug-likeness (QED) is 0.876. The highest BCUT2D eigenvalue weighted by atomic mass is 35.5. The second-order valence-electron chi connectivity index (χ2n) is 4.82. The number of rotatable bonds is 4. The van der Waals surface area contributed by atoms with Gasteiger partial charge in [0.1, 0.15) is 0 Å². The monoisotopic (exact) mass is 282 g/mol. The SMILES string of the molecule is CN(CCn1c(=S)[nH]c2cc(Cl)cnc21)C1CC1. The van der Waals surface area contributed by atoms with Gasteiger partial charge in [-0.05, 0) is 38.2 Å². The molecule has 0 atom stereocenters. The Morgan fingerprint density at radius 1 is 1.61 bits per heavy atom. The summed E-state index contributed by atoms with van der Waals surface area (Å²) in [4.78, 5) is 9.89. The van der Waals surface area contributed by atoms with Crippen molar-refractivity contribution in [2.24, 2.45) is 0 Å². The molecule has 2 aromatic heterocycles. The Morgan fingerprint density at radius 2 is 2.39 bits per heavy atom. The zero-order chi connectivity index (χ0) is 12.7. The average molecular weight is 283 g/mol. The van der Waals surface area contributed by atoms with Gasteiger partial charge in [0.15, 0.2) is 10.4 Å². The predicted molar refractivity (Wildman–Crippen MR) is 75.6 cm³/mol. The maximum Gasteiger partial charge on any atom is 0.179 e. The third kappa shape index (κ3) is 2.30. The van der Waals surface area contributed by atoms with Crippen molar-refractivity contribution in [2.45, 2.75) is 25.4 Å². The first-order chi connectivity index (χ1) is 8.65. The van der Waals surface area contributed by atoms with Crippen molar-refractivity contribution in [3.63, 3.8) is 0 Å². The smallest absolute Gasteiger partial charge is 0.179 e. The van der Waals surface area contributed by atoms with E-state index in [-0.39, 0.29) is 0 Å². The Kier molecular flexibility index (Phi) is 3.13. The molecule has 6 heteroatoms. The van der Waals surface area contributed by atoms with Gasteiger partial charge in [-0.25, -0.2) is 4.98 Å². The fourth-order valence-electron chi connectivity index (χ4n) is 2.18. The number of hydrogen-bond acceptors (Lipinski definition) is 3. The van der Waals surface area contributed by atoms with Crippen molar-refractivity contribution >= 4 is 35.0 Å². The Bertz CT molecular complexity index is 629. The Labute approximate surface area is 116 Å². The minimum Gasteiger partial charge on any atom is -0.329 e. The summed E-state index contributed by atoms with van der Waals surface area (Å²) in [6.45, 7) is 1.86. The molecule has 1 saturated carbocycles. The molecule has 1 aliphatic rings. The molecule has 0 bridgehead atoms. The fourth-order valence-corrected chi connectivity index (χ4v) is 2.63. The molecule has 96 valence electrons. The maximum atomic E-state index is 5.92. The minimum atomic E-state index is 0.626. The number of halogens is 1. The molecule has 0 radical (unpaired) electrons. The van der Waals surface area contributed by atoms with Crippen LogP contribution in [0.5, 0.6) is 0 Å². The van der Waals surface area contributed by atoms with Crippen LogP contribution in [0.15, 0.2) is 12.3 Å². The van der Waals surface area contributed by atoms with Gasteiger partial charge in [0.05, 0.1) is 10.5 Å². The summed E-state index contributed by atoms with van der Waals surface area (Å²) < 4.78 is 2.75. The van der Waals surface area contributed by atoms with E-state index in [2.05, 4.69) is 21.9 Å². The number of hydrogen-bond donors (Lipinski definition) is 1. The lowest BCUT2D eigenvalue weighted by Crippen LogP contribution is -2.25. The van der Waals surface area contributed by atoms with Crippen LogP contribution >= 0.6 is 23.8 Å². The molecule has 0 saturated heterocycles. The highest BCUT2D eigenvalue weighted by Crippen LogP contribution is 2.25. The molecule has 2 aromatic rings. The lowest BCUT2D eigenvalue weighted by molar-refractivity contribution is 0.310. The van der Waals surface area contributed by atoms with Crippen molar-refractivity contribution in [1.82, 2.24) is 19.4 Å². The molecular formula is C12H15ClN4S. The van der Waals surface area contributed by atoms with E-state index in [0.717, 1.165) is 30.3 Å². The zero-order valence-electron chi connectivity index (χ0n) is 10.2. The van der Waals surface area contributed by atoms with Gasteiger partial charge in [-0.2, -0.15) is 0 Å². The summed E-state index contributed by atoms with van der Waals surface area (Å²) in [6, 6.07) is 2.63. The zero-order valence-corrected chi connectivity index (χ0v) is 11.8. The van der Waals surface area contributed by atoms with Crippen LogP contribution in [0.4, 0.5) is 0 Å². The van der Waals surface area contributed by atoms with Crippen molar-refractivity contribution < 1.29 is 0 Å². The van der Waals surface area contributed by atoms with Crippen LogP contribution in [0.1, 0.15) is 12.8 Å². The highest BCUT2D eigenvalue weighted by molar-refractivity contribution is 7.71. The molecule has 18 heavy (non-hydrogen) atoms. The maximum absolute atomic E-state index is 5.92. The first-order valence-electron chi connectivity index (χ1n) is 6.09. The van der Waals surface area contributed by atoms with Gasteiger partial charge in [0.2, 0.25) is 0 Å². The minimum absolute atomic E-state index is 0.626. The van der Waals surface area contributed by atoms with Crippen molar-refractivity contribution in [3.05, 3.63) is 22.1 Å². The van der Waals surface area contributed by atoms with Crippen LogP contribution in [0.2, 0.25) is 5.02 Å². The summed E-state index contributed by atoms with van der Waals surface area (Å²) in [5.41, 5.74) is 1.79. The first kappa shape index (κ1) is 12.1. The topological polar surface area (TPSA) is 36.9 Å². The Hall–Kier alpha value is -0.910. The third-order valence-electron chi connectivity index (χ3n) is 3.42. The summed E-state index contributed by atoms with van der Waals surface area (Å²) in [6.07, 6.45) is 4.31. The molecule has 1 N–H and O–H groups in total. The number of nitrogens with one attached hydrogen (secondary N) is 1. The number of nitrogens with zero attached hydrogens (tertiary/aromatic N) is 3. The molecular weight excluding hydrogens is 268 g/mol. The van der Waals surface area contributed by atoms with Crippen molar-refractivity contribution in [2.75, 3.05) is 13.6 Å². The van der Waals surface area contributed by atoms with E-state index in [1.807, 2.05) is 10.6 Å². The van der Waals surface area contributed by atoms with Crippen molar-refractivity contribution in [3.8, 4) is 0 Å². The summed E-state index contributed by atoms with van der Waals surface area (Å²) in [5.74, 6) is 0. The molecule has 0 unspecified atom stereocenters. The Balaban J connectivity index is 1.86. The van der Waals surface area contributed by atoms with Crippen LogP contribution in [-0.4, -0.2) is 39.1 Å². The number of fused-ring (bicyclic) bond motifs is 1. The first-order valence-corrected chi connectivity index (χ1v) is 6.88. The number of aromatic nitrogens is 3.